The summed E-state index contributed by atoms with van der Waals surface area (Å²) in [6, 6.07) is 1.46. The van der Waals surface area contributed by atoms with E-state index in [-0.39, 0.29) is 4.87 Å². The van der Waals surface area contributed by atoms with Gasteiger partial charge in [0.1, 0.15) is 0 Å². The Labute approximate surface area is 98.7 Å². The second-order valence-corrected chi connectivity index (χ2v) is 5.68. The smallest absolute Gasteiger partial charge is 0.304 e. The van der Waals surface area contributed by atoms with E-state index in [1.165, 1.54) is 30.6 Å². The quantitative estimate of drug-likeness (QED) is 0.815. The molecule has 16 heavy (non-hydrogen) atoms. The second kappa shape index (κ2) is 4.31. The van der Waals surface area contributed by atoms with Crippen LogP contribution in [0.3, 0.4) is 0 Å². The minimum Gasteiger partial charge on any atom is -0.315 e. The molecule has 0 radical (unpaired) electrons. The minimum atomic E-state index is 0.0573. The summed E-state index contributed by atoms with van der Waals surface area (Å²) in [5.74, 6) is 0. The zero-order chi connectivity index (χ0) is 11.0. The molecular formula is C11H17N3OS. The molecule has 1 aliphatic heterocycles. The van der Waals surface area contributed by atoms with Gasteiger partial charge in [0.05, 0.1) is 0 Å². The largest absolute Gasteiger partial charge is 0.315 e. The maximum atomic E-state index is 11.0. The Morgan fingerprint density at radius 1 is 1.44 bits per heavy atom. The van der Waals surface area contributed by atoms with Crippen molar-refractivity contribution in [2.45, 2.75) is 37.9 Å². The van der Waals surface area contributed by atoms with Crippen molar-refractivity contribution in [3.05, 3.63) is 20.7 Å². The highest BCUT2D eigenvalue weighted by molar-refractivity contribution is 7.07. The maximum absolute atomic E-state index is 11.0. The number of H-pyrrole nitrogens is 1. The van der Waals surface area contributed by atoms with Crippen LogP contribution >= 0.6 is 11.3 Å². The molecule has 1 aliphatic carbocycles. The Morgan fingerprint density at radius 2 is 2.31 bits per heavy atom. The standard InChI is InChI=1S/C11H17N3OS/c15-11-13-10(7-16-11)6-14-4-3-9(5-14)12-8-1-2-8/h7-9,12H,1-6H2,(H,13,15). The third-order valence-corrected chi connectivity index (χ3v) is 4.00. The summed E-state index contributed by atoms with van der Waals surface area (Å²) in [5.41, 5.74) is 1.06. The third kappa shape index (κ3) is 2.53. The van der Waals surface area contributed by atoms with Gasteiger partial charge in [0, 0.05) is 42.8 Å². The molecule has 1 atom stereocenters. The summed E-state index contributed by atoms with van der Waals surface area (Å²) >= 11 is 1.26. The number of thiazole rings is 1. The topological polar surface area (TPSA) is 48.1 Å². The number of nitrogens with one attached hydrogen (secondary N) is 2. The highest BCUT2D eigenvalue weighted by atomic mass is 32.1. The van der Waals surface area contributed by atoms with Crippen LogP contribution in [0.25, 0.3) is 0 Å². The highest BCUT2D eigenvalue weighted by Crippen LogP contribution is 2.22. The van der Waals surface area contributed by atoms with E-state index >= 15 is 0 Å². The van der Waals surface area contributed by atoms with E-state index < -0.39 is 0 Å². The number of likely N-dealkylation sites (tertiary alicyclic amines) is 1. The molecule has 88 valence electrons. The van der Waals surface area contributed by atoms with Crippen LogP contribution < -0.4 is 10.2 Å². The molecule has 2 fully saturated rings. The molecule has 0 amide bonds. The molecule has 2 aliphatic rings. The molecule has 1 saturated heterocycles. The van der Waals surface area contributed by atoms with Crippen LogP contribution in [-0.2, 0) is 6.54 Å². The Hall–Kier alpha value is -0.650. The summed E-state index contributed by atoms with van der Waals surface area (Å²) in [6.45, 7) is 3.15. The predicted molar refractivity (Wildman–Crippen MR) is 64.8 cm³/mol. The molecule has 2 heterocycles. The van der Waals surface area contributed by atoms with Crippen molar-refractivity contribution in [3.63, 3.8) is 0 Å². The molecular weight excluding hydrogens is 222 g/mol. The van der Waals surface area contributed by atoms with Gasteiger partial charge in [-0.1, -0.05) is 11.3 Å². The van der Waals surface area contributed by atoms with Crippen LogP contribution in [0.5, 0.6) is 0 Å². The first kappa shape index (κ1) is 10.5. The van der Waals surface area contributed by atoms with Crippen LogP contribution in [0.15, 0.2) is 10.2 Å². The lowest BCUT2D eigenvalue weighted by Crippen LogP contribution is -2.33. The molecule has 5 heteroatoms. The van der Waals surface area contributed by atoms with E-state index in [1.807, 2.05) is 5.38 Å². The van der Waals surface area contributed by atoms with E-state index in [1.54, 1.807) is 0 Å². The molecule has 1 aromatic heterocycles. The summed E-state index contributed by atoms with van der Waals surface area (Å²) in [7, 11) is 0. The number of hydrogen-bond acceptors (Lipinski definition) is 4. The molecule has 2 N–H and O–H groups in total. The van der Waals surface area contributed by atoms with Gasteiger partial charge in [0.25, 0.3) is 0 Å². The van der Waals surface area contributed by atoms with E-state index in [0.29, 0.717) is 6.04 Å². The van der Waals surface area contributed by atoms with Gasteiger partial charge in [0.15, 0.2) is 0 Å². The van der Waals surface area contributed by atoms with E-state index in [9.17, 15) is 4.79 Å². The van der Waals surface area contributed by atoms with E-state index in [2.05, 4.69) is 15.2 Å². The zero-order valence-electron chi connectivity index (χ0n) is 9.24. The van der Waals surface area contributed by atoms with Crippen molar-refractivity contribution >= 4 is 11.3 Å². The summed E-state index contributed by atoms with van der Waals surface area (Å²) in [4.78, 5) is 16.4. The number of nitrogens with zero attached hydrogens (tertiary/aromatic N) is 1. The lowest BCUT2D eigenvalue weighted by atomic mass is 10.2. The maximum Gasteiger partial charge on any atom is 0.304 e. The molecule has 1 saturated carbocycles. The van der Waals surface area contributed by atoms with Gasteiger partial charge < -0.3 is 10.3 Å². The molecule has 4 nitrogen and oxygen atoms in total. The number of aromatic nitrogens is 1. The molecule has 0 bridgehead atoms. The van der Waals surface area contributed by atoms with Crippen LogP contribution in [0, 0.1) is 0 Å². The summed E-state index contributed by atoms with van der Waals surface area (Å²) in [5, 5.41) is 5.60. The van der Waals surface area contributed by atoms with Crippen molar-refractivity contribution in [2.75, 3.05) is 13.1 Å². The van der Waals surface area contributed by atoms with Crippen molar-refractivity contribution in [2.24, 2.45) is 0 Å². The van der Waals surface area contributed by atoms with E-state index in [4.69, 9.17) is 0 Å². The lowest BCUT2D eigenvalue weighted by Gasteiger charge is -2.15. The SMILES string of the molecule is O=c1[nH]c(CN2CCC(NC3CC3)C2)cs1. The minimum absolute atomic E-state index is 0.0573. The predicted octanol–water partition coefficient (Wildman–Crippen LogP) is 0.763. The molecule has 0 spiro atoms. The van der Waals surface area contributed by atoms with Gasteiger partial charge in [-0.05, 0) is 19.3 Å². The first-order valence-corrected chi connectivity index (χ1v) is 6.82. The fourth-order valence-corrected chi connectivity index (χ4v) is 2.90. The highest BCUT2D eigenvalue weighted by Gasteiger charge is 2.29. The average Bonchev–Trinajstić information content (AvgIpc) is 2.80. The van der Waals surface area contributed by atoms with Crippen LogP contribution in [0.1, 0.15) is 25.0 Å². The van der Waals surface area contributed by atoms with Crippen molar-refractivity contribution in [3.8, 4) is 0 Å². The molecule has 3 rings (SSSR count). The van der Waals surface area contributed by atoms with Gasteiger partial charge in [0.2, 0.25) is 0 Å². The Kier molecular flexibility index (Phi) is 2.83. The van der Waals surface area contributed by atoms with Crippen LogP contribution in [-0.4, -0.2) is 35.1 Å². The van der Waals surface area contributed by atoms with Crippen molar-refractivity contribution in [1.29, 1.82) is 0 Å². The number of rotatable bonds is 4. The fraction of sp³-hybridized carbons (Fsp3) is 0.727. The Morgan fingerprint density at radius 3 is 3.00 bits per heavy atom. The number of aromatic amines is 1. The van der Waals surface area contributed by atoms with Gasteiger partial charge in [-0.2, -0.15) is 0 Å². The summed E-state index contributed by atoms with van der Waals surface area (Å²) < 4.78 is 0. The van der Waals surface area contributed by atoms with Gasteiger partial charge in [-0.15, -0.1) is 0 Å². The Bertz CT molecular complexity index is 409. The van der Waals surface area contributed by atoms with Crippen molar-refractivity contribution in [1.82, 2.24) is 15.2 Å². The average molecular weight is 239 g/mol. The molecule has 1 unspecified atom stereocenters. The van der Waals surface area contributed by atoms with Gasteiger partial charge in [-0.3, -0.25) is 9.69 Å². The van der Waals surface area contributed by atoms with E-state index in [0.717, 1.165) is 31.4 Å². The number of hydrogen-bond donors (Lipinski definition) is 2. The van der Waals surface area contributed by atoms with Gasteiger partial charge >= 0.3 is 4.87 Å². The van der Waals surface area contributed by atoms with Crippen molar-refractivity contribution < 1.29 is 0 Å². The van der Waals surface area contributed by atoms with Gasteiger partial charge in [-0.25, -0.2) is 0 Å². The molecule has 0 aromatic carbocycles. The van der Waals surface area contributed by atoms with Crippen LogP contribution in [0.4, 0.5) is 0 Å². The lowest BCUT2D eigenvalue weighted by molar-refractivity contribution is 0.316. The monoisotopic (exact) mass is 239 g/mol. The Balaban J connectivity index is 1.51. The second-order valence-electron chi connectivity index (χ2n) is 4.84. The fourth-order valence-electron chi connectivity index (χ4n) is 2.33. The zero-order valence-corrected chi connectivity index (χ0v) is 10.1. The summed E-state index contributed by atoms with van der Waals surface area (Å²) in [6.07, 6.45) is 3.95. The molecule has 1 aromatic rings. The van der Waals surface area contributed by atoms with Crippen LogP contribution in [0.2, 0.25) is 0 Å². The first-order chi connectivity index (χ1) is 7.79. The first-order valence-electron chi connectivity index (χ1n) is 5.95. The third-order valence-electron chi connectivity index (χ3n) is 3.29. The normalized spacial score (nSPS) is 26.4.